The van der Waals surface area contributed by atoms with Crippen molar-refractivity contribution in [3.8, 4) is 11.5 Å². The van der Waals surface area contributed by atoms with Crippen LogP contribution in [0.2, 0.25) is 0 Å². The van der Waals surface area contributed by atoms with Gasteiger partial charge in [0.05, 0.1) is 12.8 Å². The van der Waals surface area contributed by atoms with Crippen molar-refractivity contribution in [2.45, 2.75) is 12.5 Å². The minimum absolute atomic E-state index is 0.381. The van der Waals surface area contributed by atoms with Gasteiger partial charge in [0, 0.05) is 6.07 Å². The van der Waals surface area contributed by atoms with Gasteiger partial charge in [0.2, 0.25) is 0 Å². The number of ether oxygens (including phenoxy) is 2. The average Bonchev–Trinajstić information content (AvgIpc) is 2.30. The lowest BCUT2D eigenvalue weighted by Gasteiger charge is -2.31. The van der Waals surface area contributed by atoms with Crippen LogP contribution in [0.1, 0.15) is 6.92 Å². The van der Waals surface area contributed by atoms with Gasteiger partial charge in [0.15, 0.2) is 0 Å². The summed E-state index contributed by atoms with van der Waals surface area (Å²) in [5.74, 6) is -0.468. The molecular weight excluding hydrogens is 224 g/mol. The third-order valence-electron chi connectivity index (χ3n) is 2.65. The molecule has 0 bridgehead atoms. The van der Waals surface area contributed by atoms with Gasteiger partial charge in [0.1, 0.15) is 11.5 Å². The van der Waals surface area contributed by atoms with Crippen LogP contribution in [-0.2, 0) is 9.59 Å². The first kappa shape index (κ1) is 11.3. The van der Waals surface area contributed by atoms with Crippen LogP contribution in [-0.4, -0.2) is 24.5 Å². The first-order chi connectivity index (χ1) is 7.97. The molecular formula is C11H12N2O4. The molecule has 2 rings (SSSR count). The average molecular weight is 236 g/mol. The Bertz CT molecular complexity index is 500. The molecule has 0 spiro atoms. The number of carbonyl (C=O) groups is 2. The second-order valence-corrected chi connectivity index (χ2v) is 3.82. The number of hydrogen-bond acceptors (Lipinski definition) is 4. The van der Waals surface area contributed by atoms with Crippen molar-refractivity contribution < 1.29 is 19.1 Å². The van der Waals surface area contributed by atoms with Gasteiger partial charge in [-0.2, -0.15) is 0 Å². The molecule has 0 radical (unpaired) electrons. The smallest absolute Gasteiger partial charge is 0.278 e. The van der Waals surface area contributed by atoms with Gasteiger partial charge in [0.25, 0.3) is 17.4 Å². The summed E-state index contributed by atoms with van der Waals surface area (Å²) >= 11 is 0. The Morgan fingerprint density at radius 3 is 2.82 bits per heavy atom. The molecule has 6 heteroatoms. The number of hydrogen-bond donors (Lipinski definition) is 2. The first-order valence-electron chi connectivity index (χ1n) is 4.96. The van der Waals surface area contributed by atoms with Crippen LogP contribution in [0.15, 0.2) is 18.2 Å². The number of nitrogens with one attached hydrogen (secondary N) is 1. The molecule has 0 saturated carbocycles. The highest BCUT2D eigenvalue weighted by molar-refractivity contribution is 6.15. The van der Waals surface area contributed by atoms with Crippen LogP contribution >= 0.6 is 0 Å². The zero-order valence-corrected chi connectivity index (χ0v) is 9.44. The SMILES string of the molecule is COc1ccc2c(c1)NC(=O)[C@](C)(C(N)=O)O2. The number of carbonyl (C=O) groups excluding carboxylic acids is 2. The van der Waals surface area contributed by atoms with Gasteiger partial charge in [-0.15, -0.1) is 0 Å². The second kappa shape index (κ2) is 3.65. The highest BCUT2D eigenvalue weighted by Gasteiger charge is 2.45. The summed E-state index contributed by atoms with van der Waals surface area (Å²) in [5, 5.41) is 2.56. The third kappa shape index (κ3) is 1.67. The fourth-order valence-corrected chi connectivity index (χ4v) is 1.49. The molecule has 2 amide bonds. The first-order valence-corrected chi connectivity index (χ1v) is 4.96. The summed E-state index contributed by atoms with van der Waals surface area (Å²) in [7, 11) is 1.51. The Balaban J connectivity index is 2.43. The molecule has 1 heterocycles. The largest absolute Gasteiger partial charge is 0.497 e. The number of fused-ring (bicyclic) bond motifs is 1. The highest BCUT2D eigenvalue weighted by atomic mass is 16.5. The highest BCUT2D eigenvalue weighted by Crippen LogP contribution is 2.36. The quantitative estimate of drug-likeness (QED) is 0.721. The molecule has 1 atom stereocenters. The van der Waals surface area contributed by atoms with Crippen molar-refractivity contribution in [3.05, 3.63) is 18.2 Å². The van der Waals surface area contributed by atoms with Crippen molar-refractivity contribution in [1.29, 1.82) is 0 Å². The summed E-state index contributed by atoms with van der Waals surface area (Å²) in [6.07, 6.45) is 0. The molecule has 0 aliphatic carbocycles. The minimum atomic E-state index is -1.68. The Kier molecular flexibility index (Phi) is 2.42. The fraction of sp³-hybridized carbons (Fsp3) is 0.273. The van der Waals surface area contributed by atoms with Gasteiger partial charge < -0.3 is 20.5 Å². The van der Waals surface area contributed by atoms with Gasteiger partial charge >= 0.3 is 0 Å². The molecule has 1 aliphatic heterocycles. The lowest BCUT2D eigenvalue weighted by Crippen LogP contribution is -2.57. The second-order valence-electron chi connectivity index (χ2n) is 3.82. The van der Waals surface area contributed by atoms with Crippen LogP contribution < -0.4 is 20.5 Å². The molecule has 1 aliphatic rings. The number of methoxy groups -OCH3 is 1. The summed E-state index contributed by atoms with van der Waals surface area (Å²) < 4.78 is 10.4. The Labute approximate surface area is 97.7 Å². The lowest BCUT2D eigenvalue weighted by atomic mass is 10.0. The summed E-state index contributed by atoms with van der Waals surface area (Å²) in [6.45, 7) is 1.33. The molecule has 1 aromatic rings. The minimum Gasteiger partial charge on any atom is -0.497 e. The number of primary amides is 1. The van der Waals surface area contributed by atoms with E-state index in [0.717, 1.165) is 0 Å². The summed E-state index contributed by atoms with van der Waals surface area (Å²) in [5.41, 5.74) is 3.93. The van der Waals surface area contributed by atoms with Crippen molar-refractivity contribution in [3.63, 3.8) is 0 Å². The van der Waals surface area contributed by atoms with Crippen molar-refractivity contribution in [1.82, 2.24) is 0 Å². The molecule has 0 aromatic heterocycles. The number of anilines is 1. The maximum Gasteiger partial charge on any atom is 0.278 e. The van der Waals surface area contributed by atoms with Crippen LogP contribution in [0.3, 0.4) is 0 Å². The zero-order chi connectivity index (χ0) is 12.6. The molecule has 90 valence electrons. The predicted molar refractivity (Wildman–Crippen MR) is 59.9 cm³/mol. The lowest BCUT2D eigenvalue weighted by molar-refractivity contribution is -0.144. The van der Waals surface area contributed by atoms with Gasteiger partial charge in [-0.1, -0.05) is 0 Å². The van der Waals surface area contributed by atoms with E-state index in [9.17, 15) is 9.59 Å². The van der Waals surface area contributed by atoms with Crippen molar-refractivity contribution >= 4 is 17.5 Å². The molecule has 0 unspecified atom stereocenters. The van der Waals surface area contributed by atoms with E-state index in [2.05, 4.69) is 5.32 Å². The van der Waals surface area contributed by atoms with Crippen LogP contribution in [0.4, 0.5) is 5.69 Å². The predicted octanol–water partition coefficient (Wildman–Crippen LogP) is 0.270. The molecule has 3 N–H and O–H groups in total. The molecule has 0 saturated heterocycles. The Morgan fingerprint density at radius 2 is 2.24 bits per heavy atom. The van der Waals surface area contributed by atoms with Gasteiger partial charge in [-0.05, 0) is 19.1 Å². The zero-order valence-electron chi connectivity index (χ0n) is 9.44. The van der Waals surface area contributed by atoms with Gasteiger partial charge in [-0.3, -0.25) is 9.59 Å². The number of rotatable bonds is 2. The maximum absolute atomic E-state index is 11.7. The van der Waals surface area contributed by atoms with E-state index < -0.39 is 17.4 Å². The van der Waals surface area contributed by atoms with Crippen LogP contribution in [0.5, 0.6) is 11.5 Å². The number of benzene rings is 1. The molecule has 6 nitrogen and oxygen atoms in total. The maximum atomic E-state index is 11.7. The van der Waals surface area contributed by atoms with Crippen LogP contribution in [0, 0.1) is 0 Å². The Morgan fingerprint density at radius 1 is 1.53 bits per heavy atom. The topological polar surface area (TPSA) is 90.6 Å². The fourth-order valence-electron chi connectivity index (χ4n) is 1.49. The van der Waals surface area contributed by atoms with Crippen molar-refractivity contribution in [2.24, 2.45) is 5.73 Å². The van der Waals surface area contributed by atoms with E-state index in [1.807, 2.05) is 0 Å². The monoisotopic (exact) mass is 236 g/mol. The molecule has 0 fully saturated rings. The Hall–Kier alpha value is -2.24. The van der Waals surface area contributed by atoms with E-state index in [-0.39, 0.29) is 0 Å². The molecule has 17 heavy (non-hydrogen) atoms. The van der Waals surface area contributed by atoms with Crippen molar-refractivity contribution in [2.75, 3.05) is 12.4 Å². The molecule has 1 aromatic carbocycles. The van der Waals surface area contributed by atoms with E-state index in [1.165, 1.54) is 14.0 Å². The van der Waals surface area contributed by atoms with Gasteiger partial charge in [-0.25, -0.2) is 0 Å². The summed E-state index contributed by atoms with van der Waals surface area (Å²) in [6, 6.07) is 4.88. The number of nitrogens with two attached hydrogens (primary N) is 1. The third-order valence-corrected chi connectivity index (χ3v) is 2.65. The van der Waals surface area contributed by atoms with E-state index in [1.54, 1.807) is 18.2 Å². The standard InChI is InChI=1S/C11H12N2O4/c1-11(9(12)14)10(15)13-7-5-6(16-2)3-4-8(7)17-11/h3-5H,1-2H3,(H2,12,14)(H,13,15)/t11-/m0/s1. The van der Waals surface area contributed by atoms with E-state index >= 15 is 0 Å². The summed E-state index contributed by atoms with van der Waals surface area (Å²) in [4.78, 5) is 23.0. The normalized spacial score (nSPS) is 22.1. The van der Waals surface area contributed by atoms with E-state index in [0.29, 0.717) is 17.2 Å². The number of amides is 2. The van der Waals surface area contributed by atoms with Crippen LogP contribution in [0.25, 0.3) is 0 Å². The van der Waals surface area contributed by atoms with E-state index in [4.69, 9.17) is 15.2 Å².